The minimum atomic E-state index is -0.895. The van der Waals surface area contributed by atoms with Crippen molar-refractivity contribution in [3.05, 3.63) is 64.2 Å². The predicted octanol–water partition coefficient (Wildman–Crippen LogP) is 4.79. The molecular formula is C32H42ClN3O6. The van der Waals surface area contributed by atoms with E-state index < -0.39 is 17.9 Å². The molecule has 0 radical (unpaired) electrons. The zero-order valence-electron chi connectivity index (χ0n) is 25.1. The monoisotopic (exact) mass is 599 g/mol. The van der Waals surface area contributed by atoms with Crippen molar-refractivity contribution < 1.29 is 28.7 Å². The molecular weight excluding hydrogens is 558 g/mol. The molecule has 0 spiro atoms. The van der Waals surface area contributed by atoms with E-state index in [9.17, 15) is 19.2 Å². The number of benzene rings is 2. The van der Waals surface area contributed by atoms with Crippen molar-refractivity contribution in [3.63, 3.8) is 0 Å². The van der Waals surface area contributed by atoms with Gasteiger partial charge in [-0.1, -0.05) is 56.6 Å². The Bertz CT molecular complexity index is 1230. The van der Waals surface area contributed by atoms with Crippen LogP contribution in [0.3, 0.4) is 0 Å². The summed E-state index contributed by atoms with van der Waals surface area (Å²) in [5.74, 6) is -1.46. The van der Waals surface area contributed by atoms with E-state index in [1.54, 1.807) is 41.3 Å². The van der Waals surface area contributed by atoms with Crippen molar-refractivity contribution >= 4 is 41.0 Å². The normalized spacial score (nSPS) is 15.0. The maximum atomic E-state index is 13.5. The Morgan fingerprint density at radius 1 is 1.05 bits per heavy atom. The van der Waals surface area contributed by atoms with Crippen molar-refractivity contribution in [1.82, 2.24) is 10.2 Å². The van der Waals surface area contributed by atoms with Gasteiger partial charge in [-0.25, -0.2) is 4.79 Å². The maximum Gasteiger partial charge on any atom is 0.328 e. The van der Waals surface area contributed by atoms with Crippen LogP contribution >= 0.6 is 11.6 Å². The van der Waals surface area contributed by atoms with E-state index >= 15 is 0 Å². The standard InChI is InChI=1S/C32H42ClN3O6/c1-21-8-6-10-25(33)28(21)30(39)34-23-14-12-22(13-15-23)20-26(31(40)41-5)35-29(38)24(32(2,3)4)9-7-11-27(37)36-16-18-42-19-17-36/h6,8,10,12-15,24,26H,7,9,11,16-20H2,1-5H3,(H,34,39)(H,35,38)/t24-,26+/m1/s1. The number of aryl methyl sites for hydroxylation is 1. The zero-order chi connectivity index (χ0) is 30.9. The Balaban J connectivity index is 1.62. The first-order chi connectivity index (χ1) is 19.9. The summed E-state index contributed by atoms with van der Waals surface area (Å²) < 4.78 is 10.3. The summed E-state index contributed by atoms with van der Waals surface area (Å²) in [5, 5.41) is 6.12. The van der Waals surface area contributed by atoms with Crippen LogP contribution in [0.1, 0.15) is 61.5 Å². The predicted molar refractivity (Wildman–Crippen MR) is 162 cm³/mol. The number of rotatable bonds is 11. The van der Waals surface area contributed by atoms with E-state index in [0.29, 0.717) is 61.8 Å². The lowest BCUT2D eigenvalue weighted by Crippen LogP contribution is -2.48. The molecule has 3 rings (SSSR count). The summed E-state index contributed by atoms with van der Waals surface area (Å²) in [7, 11) is 1.29. The number of hydrogen-bond acceptors (Lipinski definition) is 6. The second-order valence-corrected chi connectivity index (χ2v) is 12.1. The third-order valence-electron chi connectivity index (χ3n) is 7.51. The smallest absolute Gasteiger partial charge is 0.328 e. The number of carbonyl (C=O) groups excluding carboxylic acids is 4. The van der Waals surface area contributed by atoms with Gasteiger partial charge >= 0.3 is 5.97 Å². The third kappa shape index (κ3) is 9.29. The van der Waals surface area contributed by atoms with Crippen molar-refractivity contribution in [2.24, 2.45) is 11.3 Å². The van der Waals surface area contributed by atoms with Crippen molar-refractivity contribution in [2.75, 3.05) is 38.7 Å². The molecule has 9 nitrogen and oxygen atoms in total. The minimum Gasteiger partial charge on any atom is -0.467 e. The zero-order valence-corrected chi connectivity index (χ0v) is 25.9. The van der Waals surface area contributed by atoms with Crippen LogP contribution in [0.5, 0.6) is 0 Å². The fraction of sp³-hybridized carbons (Fsp3) is 0.500. The largest absolute Gasteiger partial charge is 0.467 e. The van der Waals surface area contributed by atoms with Gasteiger partial charge in [0.05, 0.1) is 30.9 Å². The van der Waals surface area contributed by atoms with Crippen LogP contribution in [0.4, 0.5) is 5.69 Å². The summed E-state index contributed by atoms with van der Waals surface area (Å²) >= 11 is 6.22. The summed E-state index contributed by atoms with van der Waals surface area (Å²) in [6.45, 7) is 10.0. The second kappa shape index (κ2) is 15.2. The van der Waals surface area contributed by atoms with Crippen LogP contribution < -0.4 is 10.6 Å². The highest BCUT2D eigenvalue weighted by Crippen LogP contribution is 2.31. The molecule has 2 aromatic rings. The quantitative estimate of drug-likeness (QED) is 0.359. The highest BCUT2D eigenvalue weighted by molar-refractivity contribution is 6.34. The average Bonchev–Trinajstić information content (AvgIpc) is 2.95. The first-order valence-corrected chi connectivity index (χ1v) is 14.7. The highest BCUT2D eigenvalue weighted by Gasteiger charge is 2.34. The number of nitrogens with zero attached hydrogens (tertiary/aromatic N) is 1. The Kier molecular flexibility index (Phi) is 11.9. The Morgan fingerprint density at radius 3 is 2.31 bits per heavy atom. The lowest BCUT2D eigenvalue weighted by atomic mass is 9.77. The van der Waals surface area contributed by atoms with E-state index in [-0.39, 0.29) is 29.6 Å². The lowest BCUT2D eigenvalue weighted by molar-refractivity contribution is -0.146. The molecule has 2 aromatic carbocycles. The Hall–Kier alpha value is -3.43. The number of halogens is 1. The first kappa shape index (κ1) is 33.1. The van der Waals surface area contributed by atoms with Gasteiger partial charge in [0, 0.05) is 37.5 Å². The number of hydrogen-bond donors (Lipinski definition) is 2. The molecule has 0 bridgehead atoms. The number of nitrogens with one attached hydrogen (secondary N) is 2. The summed E-state index contributed by atoms with van der Waals surface area (Å²) in [6, 6.07) is 11.4. The first-order valence-electron chi connectivity index (χ1n) is 14.3. The number of methoxy groups -OCH3 is 1. The summed E-state index contributed by atoms with van der Waals surface area (Å²) in [5.41, 5.74) is 2.15. The third-order valence-corrected chi connectivity index (χ3v) is 7.83. The van der Waals surface area contributed by atoms with Crippen LogP contribution in [-0.4, -0.2) is 68.0 Å². The number of carbonyl (C=O) groups is 4. The number of morpholine rings is 1. The van der Waals surface area contributed by atoms with Gasteiger partial charge in [0.1, 0.15) is 6.04 Å². The van der Waals surface area contributed by atoms with Gasteiger partial charge in [0.25, 0.3) is 5.91 Å². The molecule has 0 aliphatic carbocycles. The molecule has 0 unspecified atom stereocenters. The van der Waals surface area contributed by atoms with Crippen molar-refractivity contribution in [3.8, 4) is 0 Å². The van der Waals surface area contributed by atoms with E-state index in [4.69, 9.17) is 21.1 Å². The molecule has 0 aromatic heterocycles. The van der Waals surface area contributed by atoms with Gasteiger partial charge < -0.3 is 25.0 Å². The second-order valence-electron chi connectivity index (χ2n) is 11.7. The van der Waals surface area contributed by atoms with E-state index in [1.807, 2.05) is 33.8 Å². The maximum absolute atomic E-state index is 13.5. The van der Waals surface area contributed by atoms with Crippen molar-refractivity contribution in [2.45, 2.75) is 59.4 Å². The number of ether oxygens (including phenoxy) is 2. The summed E-state index contributed by atoms with van der Waals surface area (Å²) in [6.07, 6.45) is 1.65. The number of esters is 1. The van der Waals surface area contributed by atoms with E-state index in [1.165, 1.54) is 7.11 Å². The molecule has 0 saturated carbocycles. The van der Waals surface area contributed by atoms with Gasteiger partial charge in [0.15, 0.2) is 0 Å². The van der Waals surface area contributed by atoms with Gasteiger partial charge in [-0.15, -0.1) is 0 Å². The van der Waals surface area contributed by atoms with Crippen LogP contribution in [-0.2, 0) is 30.3 Å². The van der Waals surface area contributed by atoms with Crippen LogP contribution in [0.2, 0.25) is 5.02 Å². The van der Waals surface area contributed by atoms with Gasteiger partial charge in [-0.2, -0.15) is 0 Å². The molecule has 3 amide bonds. The minimum absolute atomic E-state index is 0.0699. The number of amides is 3. The molecule has 1 fully saturated rings. The molecule has 2 N–H and O–H groups in total. The van der Waals surface area contributed by atoms with Crippen LogP contribution in [0.15, 0.2) is 42.5 Å². The van der Waals surface area contributed by atoms with Gasteiger partial charge in [0.2, 0.25) is 11.8 Å². The van der Waals surface area contributed by atoms with Gasteiger partial charge in [-0.3, -0.25) is 14.4 Å². The molecule has 1 heterocycles. The van der Waals surface area contributed by atoms with Crippen LogP contribution in [0, 0.1) is 18.3 Å². The van der Waals surface area contributed by atoms with Crippen LogP contribution in [0.25, 0.3) is 0 Å². The fourth-order valence-electron chi connectivity index (χ4n) is 5.07. The summed E-state index contributed by atoms with van der Waals surface area (Å²) in [4.78, 5) is 53.3. The van der Waals surface area contributed by atoms with E-state index in [2.05, 4.69) is 10.6 Å². The molecule has 1 aliphatic rings. The highest BCUT2D eigenvalue weighted by atomic mass is 35.5. The average molecular weight is 600 g/mol. The Labute approximate surface area is 253 Å². The van der Waals surface area contributed by atoms with Crippen molar-refractivity contribution in [1.29, 1.82) is 0 Å². The topological polar surface area (TPSA) is 114 Å². The molecule has 42 heavy (non-hydrogen) atoms. The van der Waals surface area contributed by atoms with Gasteiger partial charge in [-0.05, 0) is 54.5 Å². The SMILES string of the molecule is COC(=O)[C@H](Cc1ccc(NC(=O)c2c(C)cccc2Cl)cc1)NC(=O)[C@@H](CCCC(=O)N1CCOCC1)C(C)(C)C. The van der Waals surface area contributed by atoms with E-state index in [0.717, 1.165) is 11.1 Å². The molecule has 1 aliphatic heterocycles. The molecule has 2 atom stereocenters. The molecule has 10 heteroatoms. The molecule has 228 valence electrons. The molecule has 1 saturated heterocycles. The number of anilines is 1. The lowest BCUT2D eigenvalue weighted by Gasteiger charge is -2.31. The fourth-order valence-corrected chi connectivity index (χ4v) is 5.37. The Morgan fingerprint density at radius 2 is 1.71 bits per heavy atom.